The third kappa shape index (κ3) is 3.07. The largest absolute Gasteiger partial charge is 0.491 e. The number of fused-ring (bicyclic) bond motifs is 3. The lowest BCUT2D eigenvalue weighted by molar-refractivity contribution is -0.311. The molecule has 200 valence electrons. The predicted molar refractivity (Wildman–Crippen MR) is 127 cm³/mol. The molecule has 0 aromatic carbocycles. The van der Waals surface area contributed by atoms with Crippen LogP contribution in [0.3, 0.4) is 0 Å². The van der Waals surface area contributed by atoms with E-state index in [9.17, 15) is 10.2 Å². The van der Waals surface area contributed by atoms with E-state index in [-0.39, 0.29) is 29.0 Å². The molecule has 7 aliphatic rings. The molecule has 5 fully saturated rings. The van der Waals surface area contributed by atoms with Crippen LogP contribution in [0.15, 0.2) is 23.5 Å². The zero-order valence-corrected chi connectivity index (χ0v) is 21.7. The molecule has 2 N–H and O–H groups in total. The molecular formula is C28H40O8. The van der Waals surface area contributed by atoms with Crippen LogP contribution in [0.1, 0.15) is 52.9 Å². The molecule has 13 unspecified atom stereocenters. The summed E-state index contributed by atoms with van der Waals surface area (Å²) in [6.07, 6.45) is 5.98. The summed E-state index contributed by atoms with van der Waals surface area (Å²) in [6, 6.07) is 0. The van der Waals surface area contributed by atoms with E-state index < -0.39 is 36.5 Å². The normalized spacial score (nSPS) is 57.2. The number of aliphatic hydroxyl groups excluding tert-OH is 2. The minimum atomic E-state index is -1.02. The summed E-state index contributed by atoms with van der Waals surface area (Å²) in [6.45, 7) is 7.63. The first-order valence-electron chi connectivity index (χ1n) is 13.8. The SMILES string of the molecule is COC1C(O)C(C)OC(OC2CCC3(C)C(C=CC4=C5OC6COC7(C)OCC5(CCC43)C67)C2)C1O. The molecule has 7 rings (SSSR count). The van der Waals surface area contributed by atoms with Crippen molar-refractivity contribution in [2.75, 3.05) is 20.3 Å². The van der Waals surface area contributed by atoms with Gasteiger partial charge in [-0.3, -0.25) is 0 Å². The monoisotopic (exact) mass is 504 g/mol. The van der Waals surface area contributed by atoms with E-state index in [4.69, 9.17) is 28.4 Å². The molecule has 36 heavy (non-hydrogen) atoms. The minimum absolute atomic E-state index is 0.0142. The standard InChI is InChI=1S/C28H40O8/c1-14-20(29)22(31-4)21(30)25(34-14)35-16-7-9-26(2)15(11-16)5-6-17-18(26)8-10-28-13-33-27(3)23(28)19(12-32-27)36-24(17)28/h5-6,14-16,18-23,25,29-30H,7-13H2,1-4H3. The lowest BCUT2D eigenvalue weighted by atomic mass is 9.51. The highest BCUT2D eigenvalue weighted by Crippen LogP contribution is 2.68. The van der Waals surface area contributed by atoms with Crippen LogP contribution in [0.4, 0.5) is 0 Å². The number of methoxy groups -OCH3 is 1. The quantitative estimate of drug-likeness (QED) is 0.606. The summed E-state index contributed by atoms with van der Waals surface area (Å²) >= 11 is 0. The highest BCUT2D eigenvalue weighted by atomic mass is 16.7. The zero-order chi connectivity index (χ0) is 25.0. The summed E-state index contributed by atoms with van der Waals surface area (Å²) in [5, 5.41) is 21.0. The van der Waals surface area contributed by atoms with Gasteiger partial charge in [-0.2, -0.15) is 0 Å². The topological polar surface area (TPSA) is 95.8 Å². The van der Waals surface area contributed by atoms with Crippen molar-refractivity contribution in [1.29, 1.82) is 0 Å². The summed E-state index contributed by atoms with van der Waals surface area (Å²) in [5.74, 6) is 1.81. The van der Waals surface area contributed by atoms with Crippen LogP contribution in [-0.2, 0) is 28.4 Å². The first kappa shape index (κ1) is 24.1. The number of hydrogen-bond donors (Lipinski definition) is 2. The second-order valence-corrected chi connectivity index (χ2v) is 12.7. The number of allylic oxidation sites excluding steroid dienone is 3. The fourth-order valence-corrected chi connectivity index (χ4v) is 8.97. The Morgan fingerprint density at radius 1 is 1.08 bits per heavy atom. The Hall–Kier alpha value is -1.00. The predicted octanol–water partition coefficient (Wildman–Crippen LogP) is 2.67. The summed E-state index contributed by atoms with van der Waals surface area (Å²) in [7, 11) is 1.50. The van der Waals surface area contributed by atoms with Crippen molar-refractivity contribution < 1.29 is 38.6 Å². The van der Waals surface area contributed by atoms with Gasteiger partial charge in [0.25, 0.3) is 0 Å². The van der Waals surface area contributed by atoms with Gasteiger partial charge in [-0.15, -0.1) is 0 Å². The smallest absolute Gasteiger partial charge is 0.186 e. The molecule has 8 heteroatoms. The van der Waals surface area contributed by atoms with E-state index in [2.05, 4.69) is 26.0 Å². The van der Waals surface area contributed by atoms with Gasteiger partial charge in [-0.1, -0.05) is 19.1 Å². The van der Waals surface area contributed by atoms with Crippen molar-refractivity contribution in [2.45, 2.75) is 102 Å². The third-order valence-electron chi connectivity index (χ3n) is 11.0. The Morgan fingerprint density at radius 2 is 1.92 bits per heavy atom. The molecule has 3 aliphatic carbocycles. The number of rotatable bonds is 3. The molecule has 8 nitrogen and oxygen atoms in total. The van der Waals surface area contributed by atoms with Gasteiger partial charge in [0.05, 0.1) is 36.8 Å². The molecule has 4 heterocycles. The summed E-state index contributed by atoms with van der Waals surface area (Å²) in [4.78, 5) is 0. The maximum absolute atomic E-state index is 10.7. The van der Waals surface area contributed by atoms with Gasteiger partial charge >= 0.3 is 0 Å². The van der Waals surface area contributed by atoms with Crippen molar-refractivity contribution in [1.82, 2.24) is 0 Å². The fourth-order valence-electron chi connectivity index (χ4n) is 8.97. The van der Waals surface area contributed by atoms with Gasteiger partial charge in [-0.25, -0.2) is 0 Å². The molecule has 0 bridgehead atoms. The summed E-state index contributed by atoms with van der Waals surface area (Å²) in [5.41, 5.74) is 1.49. The van der Waals surface area contributed by atoms with Crippen LogP contribution < -0.4 is 0 Å². The maximum Gasteiger partial charge on any atom is 0.186 e. The van der Waals surface area contributed by atoms with Crippen LogP contribution >= 0.6 is 0 Å². The fraction of sp³-hybridized carbons (Fsp3) is 0.857. The average molecular weight is 505 g/mol. The molecule has 0 aromatic rings. The van der Waals surface area contributed by atoms with E-state index in [1.54, 1.807) is 6.92 Å². The van der Waals surface area contributed by atoms with E-state index in [0.717, 1.165) is 32.1 Å². The van der Waals surface area contributed by atoms with E-state index in [0.29, 0.717) is 25.0 Å². The van der Waals surface area contributed by atoms with E-state index in [1.165, 1.54) is 18.4 Å². The molecule has 4 aliphatic heterocycles. The number of ether oxygens (including phenoxy) is 6. The highest BCUT2D eigenvalue weighted by Gasteiger charge is 2.72. The molecule has 4 saturated heterocycles. The number of aliphatic hydroxyl groups is 2. The Kier molecular flexibility index (Phi) is 5.35. The average Bonchev–Trinajstić information content (AvgIpc) is 3.48. The van der Waals surface area contributed by atoms with Crippen molar-refractivity contribution in [2.24, 2.45) is 28.6 Å². The molecule has 1 saturated carbocycles. The second kappa shape index (κ2) is 8.01. The first-order chi connectivity index (χ1) is 17.2. The Balaban J connectivity index is 1.12. The van der Waals surface area contributed by atoms with Gasteiger partial charge in [0.1, 0.15) is 30.2 Å². The first-order valence-corrected chi connectivity index (χ1v) is 13.8. The van der Waals surface area contributed by atoms with Crippen LogP contribution in [0, 0.1) is 28.6 Å². The Labute approximate surface area is 212 Å². The van der Waals surface area contributed by atoms with E-state index >= 15 is 0 Å². The van der Waals surface area contributed by atoms with Crippen molar-refractivity contribution in [3.8, 4) is 0 Å². The highest BCUT2D eigenvalue weighted by molar-refractivity contribution is 5.41. The van der Waals surface area contributed by atoms with Crippen molar-refractivity contribution in [3.63, 3.8) is 0 Å². The molecular weight excluding hydrogens is 464 g/mol. The summed E-state index contributed by atoms with van der Waals surface area (Å²) < 4.78 is 36.5. The van der Waals surface area contributed by atoms with Crippen LogP contribution in [-0.4, -0.2) is 79.2 Å². The minimum Gasteiger partial charge on any atom is -0.491 e. The second-order valence-electron chi connectivity index (χ2n) is 12.7. The van der Waals surface area contributed by atoms with Crippen LogP contribution in [0.2, 0.25) is 0 Å². The lowest BCUT2D eigenvalue weighted by Gasteiger charge is -2.54. The molecule has 13 atom stereocenters. The van der Waals surface area contributed by atoms with Crippen molar-refractivity contribution >= 4 is 0 Å². The van der Waals surface area contributed by atoms with Gasteiger partial charge in [0, 0.05) is 7.11 Å². The Morgan fingerprint density at radius 3 is 2.72 bits per heavy atom. The zero-order valence-electron chi connectivity index (χ0n) is 21.7. The van der Waals surface area contributed by atoms with Crippen LogP contribution in [0.5, 0.6) is 0 Å². The third-order valence-corrected chi connectivity index (χ3v) is 11.0. The molecule has 0 amide bonds. The Bertz CT molecular complexity index is 981. The van der Waals surface area contributed by atoms with Crippen LogP contribution in [0.25, 0.3) is 0 Å². The van der Waals surface area contributed by atoms with Gasteiger partial charge < -0.3 is 38.6 Å². The van der Waals surface area contributed by atoms with Gasteiger partial charge in [0.2, 0.25) is 0 Å². The van der Waals surface area contributed by atoms with Gasteiger partial charge in [0.15, 0.2) is 12.1 Å². The molecule has 0 aromatic heterocycles. The van der Waals surface area contributed by atoms with Crippen molar-refractivity contribution in [3.05, 3.63) is 23.5 Å². The lowest BCUT2D eigenvalue weighted by Crippen LogP contribution is -2.59. The number of hydrogen-bond acceptors (Lipinski definition) is 8. The molecule has 0 radical (unpaired) electrons. The maximum atomic E-state index is 10.7. The molecule has 1 spiro atoms. The van der Waals surface area contributed by atoms with E-state index in [1.807, 2.05) is 0 Å². The van der Waals surface area contributed by atoms with Gasteiger partial charge in [-0.05, 0) is 68.8 Å².